The molecule has 1 N–H and O–H groups in total. The molecule has 0 fully saturated rings. The van der Waals surface area contributed by atoms with Crippen LogP contribution in [0.25, 0.3) is 0 Å². The van der Waals surface area contributed by atoms with Crippen LogP contribution in [0.2, 0.25) is 5.02 Å². The summed E-state index contributed by atoms with van der Waals surface area (Å²) in [6, 6.07) is 17.1. The summed E-state index contributed by atoms with van der Waals surface area (Å²) in [7, 11) is -2.59. The molecule has 166 valence electrons. The van der Waals surface area contributed by atoms with E-state index in [2.05, 4.69) is 5.32 Å². The minimum Gasteiger partial charge on any atom is -0.497 e. The number of rotatable bonds is 7. The van der Waals surface area contributed by atoms with Gasteiger partial charge in [0.2, 0.25) is 12.7 Å². The summed E-state index contributed by atoms with van der Waals surface area (Å²) in [5.41, 5.74) is 0.710. The highest BCUT2D eigenvalue weighted by Crippen LogP contribution is 2.34. The van der Waals surface area contributed by atoms with Crippen LogP contribution >= 0.6 is 11.6 Å². The summed E-state index contributed by atoms with van der Waals surface area (Å²) in [4.78, 5) is 12.8. The minimum absolute atomic E-state index is 0.00848. The molecule has 1 heterocycles. The van der Waals surface area contributed by atoms with Crippen LogP contribution in [0.15, 0.2) is 71.6 Å². The smallest absolute Gasteiger partial charge is 0.264 e. The zero-order chi connectivity index (χ0) is 22.7. The Hall–Kier alpha value is -3.43. The zero-order valence-corrected chi connectivity index (χ0v) is 18.5. The van der Waals surface area contributed by atoms with Crippen LogP contribution < -0.4 is 23.8 Å². The molecule has 0 saturated carbocycles. The molecule has 4 rings (SSSR count). The van der Waals surface area contributed by atoms with Crippen molar-refractivity contribution in [2.24, 2.45) is 0 Å². The molecule has 0 atom stereocenters. The molecule has 0 aliphatic carbocycles. The SMILES string of the molecule is COc1ccc(S(=O)(=O)N(CC(=O)Nc2ccc3c(c2)OCO3)c2cccc(Cl)c2)cc1. The Morgan fingerprint density at radius 3 is 2.53 bits per heavy atom. The second-order valence-electron chi connectivity index (χ2n) is 6.78. The molecule has 10 heteroatoms. The molecule has 3 aromatic carbocycles. The van der Waals surface area contributed by atoms with Crippen molar-refractivity contribution in [2.45, 2.75) is 4.90 Å². The fourth-order valence-electron chi connectivity index (χ4n) is 3.13. The van der Waals surface area contributed by atoms with E-state index in [1.54, 1.807) is 36.4 Å². The number of methoxy groups -OCH3 is 1. The van der Waals surface area contributed by atoms with Crippen molar-refractivity contribution in [2.75, 3.05) is 30.1 Å². The first-order chi connectivity index (χ1) is 15.4. The Balaban J connectivity index is 1.62. The Kier molecular flexibility index (Phi) is 6.11. The first-order valence-corrected chi connectivity index (χ1v) is 11.3. The van der Waals surface area contributed by atoms with Crippen LogP contribution in [-0.2, 0) is 14.8 Å². The van der Waals surface area contributed by atoms with Gasteiger partial charge in [0.15, 0.2) is 11.5 Å². The maximum Gasteiger partial charge on any atom is 0.264 e. The molecule has 0 unspecified atom stereocenters. The fraction of sp³-hybridized carbons (Fsp3) is 0.136. The first-order valence-electron chi connectivity index (χ1n) is 9.49. The van der Waals surface area contributed by atoms with Gasteiger partial charge in [-0.25, -0.2) is 8.42 Å². The van der Waals surface area contributed by atoms with Crippen LogP contribution in [0, 0.1) is 0 Å². The lowest BCUT2D eigenvalue weighted by molar-refractivity contribution is -0.114. The summed E-state index contributed by atoms with van der Waals surface area (Å²) < 4.78 is 43.5. The predicted octanol–water partition coefficient (Wildman–Crippen LogP) is 3.91. The van der Waals surface area contributed by atoms with Crippen LogP contribution in [-0.4, -0.2) is 34.8 Å². The quantitative estimate of drug-likeness (QED) is 0.558. The third kappa shape index (κ3) is 4.58. The van der Waals surface area contributed by atoms with Crippen molar-refractivity contribution in [1.29, 1.82) is 0 Å². The molecule has 1 aliphatic rings. The maximum absolute atomic E-state index is 13.4. The van der Waals surface area contributed by atoms with Crippen molar-refractivity contribution in [3.63, 3.8) is 0 Å². The second-order valence-corrected chi connectivity index (χ2v) is 9.08. The van der Waals surface area contributed by atoms with E-state index >= 15 is 0 Å². The number of hydrogen-bond acceptors (Lipinski definition) is 6. The molecule has 0 spiro atoms. The molecule has 8 nitrogen and oxygen atoms in total. The van der Waals surface area contributed by atoms with Gasteiger partial charge in [0.25, 0.3) is 10.0 Å². The van der Waals surface area contributed by atoms with Gasteiger partial charge in [-0.15, -0.1) is 0 Å². The standard InChI is InChI=1S/C22H19ClN2O6S/c1-29-18-6-8-19(9-7-18)32(27,28)25(17-4-2-3-15(23)11-17)13-22(26)24-16-5-10-20-21(12-16)31-14-30-20/h2-12H,13-14H2,1H3,(H,24,26). The number of halogens is 1. The molecule has 0 aromatic heterocycles. The number of amides is 1. The van der Waals surface area contributed by atoms with Crippen LogP contribution in [0.5, 0.6) is 17.2 Å². The fourth-order valence-corrected chi connectivity index (χ4v) is 4.72. The van der Waals surface area contributed by atoms with Crippen LogP contribution in [0.4, 0.5) is 11.4 Å². The van der Waals surface area contributed by atoms with Gasteiger partial charge in [-0.1, -0.05) is 17.7 Å². The lowest BCUT2D eigenvalue weighted by atomic mass is 10.2. The van der Waals surface area contributed by atoms with Crippen molar-refractivity contribution in [3.8, 4) is 17.2 Å². The van der Waals surface area contributed by atoms with Crippen molar-refractivity contribution in [3.05, 3.63) is 71.8 Å². The van der Waals surface area contributed by atoms with Crippen molar-refractivity contribution in [1.82, 2.24) is 0 Å². The summed E-state index contributed by atoms with van der Waals surface area (Å²) in [5, 5.41) is 3.04. The normalized spacial score (nSPS) is 12.3. The molecule has 32 heavy (non-hydrogen) atoms. The molecule has 0 saturated heterocycles. The molecule has 0 bridgehead atoms. The summed E-state index contributed by atoms with van der Waals surface area (Å²) in [6.45, 7) is -0.363. The number of nitrogens with zero attached hydrogens (tertiary/aromatic N) is 1. The summed E-state index contributed by atoms with van der Waals surface area (Å²) >= 11 is 6.08. The Morgan fingerprint density at radius 2 is 1.81 bits per heavy atom. The summed E-state index contributed by atoms with van der Waals surface area (Å²) in [6.07, 6.45) is 0. The number of ether oxygens (including phenoxy) is 3. The molecular weight excluding hydrogens is 456 g/mol. The Bertz CT molecular complexity index is 1250. The van der Waals surface area contributed by atoms with Crippen LogP contribution in [0.3, 0.4) is 0 Å². The monoisotopic (exact) mass is 474 g/mol. The highest BCUT2D eigenvalue weighted by molar-refractivity contribution is 7.92. The zero-order valence-electron chi connectivity index (χ0n) is 16.9. The van der Waals surface area contributed by atoms with Gasteiger partial charge < -0.3 is 19.5 Å². The number of hydrogen-bond donors (Lipinski definition) is 1. The van der Waals surface area contributed by atoms with E-state index in [1.165, 1.54) is 37.4 Å². The number of carbonyl (C=O) groups is 1. The second kappa shape index (κ2) is 8.97. The highest BCUT2D eigenvalue weighted by Gasteiger charge is 2.28. The Morgan fingerprint density at radius 1 is 1.06 bits per heavy atom. The number of fused-ring (bicyclic) bond motifs is 1. The van der Waals surface area contributed by atoms with E-state index < -0.39 is 22.5 Å². The van der Waals surface area contributed by atoms with Gasteiger partial charge in [0.05, 0.1) is 17.7 Å². The predicted molar refractivity (Wildman–Crippen MR) is 120 cm³/mol. The summed E-state index contributed by atoms with van der Waals surface area (Å²) in [5.74, 6) is 1.05. The molecule has 3 aromatic rings. The van der Waals surface area contributed by atoms with E-state index in [4.69, 9.17) is 25.8 Å². The topological polar surface area (TPSA) is 94.2 Å². The van der Waals surface area contributed by atoms with E-state index in [0.717, 1.165) is 4.31 Å². The third-order valence-electron chi connectivity index (χ3n) is 4.69. The van der Waals surface area contributed by atoms with E-state index in [-0.39, 0.29) is 17.4 Å². The first kappa shape index (κ1) is 21.8. The van der Waals surface area contributed by atoms with Gasteiger partial charge in [0, 0.05) is 16.8 Å². The molecule has 1 amide bonds. The third-order valence-corrected chi connectivity index (χ3v) is 6.71. The van der Waals surface area contributed by atoms with Gasteiger partial charge in [0.1, 0.15) is 12.3 Å². The number of nitrogens with one attached hydrogen (secondary N) is 1. The van der Waals surface area contributed by atoms with Gasteiger partial charge >= 0.3 is 0 Å². The maximum atomic E-state index is 13.4. The van der Waals surface area contributed by atoms with E-state index in [0.29, 0.717) is 28.0 Å². The van der Waals surface area contributed by atoms with Gasteiger partial charge in [-0.3, -0.25) is 9.10 Å². The molecular formula is C22H19ClN2O6S. The lowest BCUT2D eigenvalue weighted by Crippen LogP contribution is -2.38. The number of anilines is 2. The number of carbonyl (C=O) groups excluding carboxylic acids is 1. The lowest BCUT2D eigenvalue weighted by Gasteiger charge is -2.24. The number of benzene rings is 3. The van der Waals surface area contributed by atoms with Gasteiger partial charge in [-0.05, 0) is 54.6 Å². The van der Waals surface area contributed by atoms with Crippen LogP contribution in [0.1, 0.15) is 0 Å². The molecule has 1 aliphatic heterocycles. The van der Waals surface area contributed by atoms with Crippen molar-refractivity contribution >= 4 is 38.9 Å². The average molecular weight is 475 g/mol. The molecule has 0 radical (unpaired) electrons. The minimum atomic E-state index is -4.08. The van der Waals surface area contributed by atoms with E-state index in [9.17, 15) is 13.2 Å². The van der Waals surface area contributed by atoms with E-state index in [1.807, 2.05) is 0 Å². The van der Waals surface area contributed by atoms with Crippen molar-refractivity contribution < 1.29 is 27.4 Å². The van der Waals surface area contributed by atoms with Gasteiger partial charge in [-0.2, -0.15) is 0 Å². The highest BCUT2D eigenvalue weighted by atomic mass is 35.5. The Labute approximate surface area is 190 Å². The average Bonchev–Trinajstić information content (AvgIpc) is 3.25. The largest absolute Gasteiger partial charge is 0.497 e. The number of sulfonamides is 1.